The van der Waals surface area contributed by atoms with Gasteiger partial charge in [-0.15, -0.1) is 11.3 Å². The lowest BCUT2D eigenvalue weighted by Crippen LogP contribution is -2.22. The average Bonchev–Trinajstić information content (AvgIpc) is 2.36. The van der Waals surface area contributed by atoms with E-state index < -0.39 is 0 Å². The van der Waals surface area contributed by atoms with E-state index in [0.29, 0.717) is 0 Å². The molecule has 10 heavy (non-hydrogen) atoms. The van der Waals surface area contributed by atoms with Gasteiger partial charge >= 0.3 is 0 Å². The summed E-state index contributed by atoms with van der Waals surface area (Å²) < 4.78 is 5.57. The minimum atomic E-state index is -0.0139. The fourth-order valence-electron chi connectivity index (χ4n) is 0.740. The Hall–Kier alpha value is -0.680. The largest absolute Gasteiger partial charge is 0.303 e. The van der Waals surface area contributed by atoms with E-state index in [4.69, 9.17) is 0 Å². The monoisotopic (exact) mass is 172 g/mol. The standard InChI is InChI=1S/C5H4N2OS2/c8-4-3-1-2-9-5(3)7-10-6-4/h1-2,7H,(H,6,8). The van der Waals surface area contributed by atoms with Crippen LogP contribution in [0.3, 0.4) is 0 Å². The van der Waals surface area contributed by atoms with Gasteiger partial charge in [-0.25, -0.2) is 0 Å². The number of hydrogen-bond donors (Lipinski definition) is 2. The molecule has 0 radical (unpaired) electrons. The van der Waals surface area contributed by atoms with E-state index in [1.54, 1.807) is 0 Å². The zero-order valence-corrected chi connectivity index (χ0v) is 6.51. The summed E-state index contributed by atoms with van der Waals surface area (Å²) in [5, 5.41) is 2.83. The Labute approximate surface area is 66.1 Å². The molecule has 0 aliphatic carbocycles. The van der Waals surface area contributed by atoms with Crippen LogP contribution in [0.25, 0.3) is 0 Å². The van der Waals surface area contributed by atoms with Gasteiger partial charge in [-0.1, -0.05) is 0 Å². The second kappa shape index (κ2) is 2.17. The first kappa shape index (κ1) is 6.06. The van der Waals surface area contributed by atoms with Crippen LogP contribution in [0.15, 0.2) is 11.4 Å². The van der Waals surface area contributed by atoms with Crippen molar-refractivity contribution in [3.8, 4) is 0 Å². The number of carbonyl (C=O) groups excluding carboxylic acids is 1. The Morgan fingerprint density at radius 3 is 3.10 bits per heavy atom. The summed E-state index contributed by atoms with van der Waals surface area (Å²) in [4.78, 5) is 11.0. The Morgan fingerprint density at radius 2 is 2.30 bits per heavy atom. The Kier molecular flexibility index (Phi) is 1.32. The molecule has 0 unspecified atom stereocenters. The van der Waals surface area contributed by atoms with Crippen LogP contribution < -0.4 is 9.44 Å². The van der Waals surface area contributed by atoms with Crippen LogP contribution in [-0.2, 0) is 0 Å². The molecule has 0 bridgehead atoms. The molecule has 2 rings (SSSR count). The smallest absolute Gasteiger partial charge is 0.265 e. The van der Waals surface area contributed by atoms with E-state index in [1.807, 2.05) is 11.4 Å². The van der Waals surface area contributed by atoms with Crippen LogP contribution in [0, 0.1) is 0 Å². The average molecular weight is 172 g/mol. The van der Waals surface area contributed by atoms with Crippen molar-refractivity contribution in [2.24, 2.45) is 0 Å². The summed E-state index contributed by atoms with van der Waals surface area (Å²) in [6, 6.07) is 1.81. The maximum Gasteiger partial charge on any atom is 0.265 e. The second-order valence-electron chi connectivity index (χ2n) is 1.80. The molecule has 1 aromatic rings. The minimum Gasteiger partial charge on any atom is -0.303 e. The third-order valence-electron chi connectivity index (χ3n) is 1.20. The Balaban J connectivity index is 2.50. The summed E-state index contributed by atoms with van der Waals surface area (Å²) in [7, 11) is 0. The quantitative estimate of drug-likeness (QED) is 0.582. The molecule has 1 aliphatic rings. The maximum absolute atomic E-state index is 11.0. The van der Waals surface area contributed by atoms with E-state index >= 15 is 0 Å². The molecule has 0 fully saturated rings. The van der Waals surface area contributed by atoms with E-state index in [0.717, 1.165) is 10.6 Å². The molecule has 3 nitrogen and oxygen atoms in total. The van der Waals surface area contributed by atoms with E-state index in [2.05, 4.69) is 9.44 Å². The first-order valence-corrected chi connectivity index (χ1v) is 4.37. The number of amides is 1. The predicted octanol–water partition coefficient (Wildman–Crippen LogP) is 1.47. The number of thiophene rings is 1. The van der Waals surface area contributed by atoms with Crippen molar-refractivity contribution < 1.29 is 4.79 Å². The molecule has 1 aliphatic heterocycles. The van der Waals surface area contributed by atoms with Crippen molar-refractivity contribution in [3.63, 3.8) is 0 Å². The van der Waals surface area contributed by atoms with Crippen LogP contribution >= 0.6 is 23.5 Å². The van der Waals surface area contributed by atoms with Crippen molar-refractivity contribution in [1.29, 1.82) is 0 Å². The van der Waals surface area contributed by atoms with Crippen molar-refractivity contribution in [2.75, 3.05) is 4.72 Å². The molecule has 0 saturated heterocycles. The summed E-state index contributed by atoms with van der Waals surface area (Å²) in [6.45, 7) is 0. The molecular weight excluding hydrogens is 168 g/mol. The molecule has 1 amide bonds. The van der Waals surface area contributed by atoms with Gasteiger partial charge in [0.25, 0.3) is 5.91 Å². The fraction of sp³-hybridized carbons (Fsp3) is 0. The predicted molar refractivity (Wildman–Crippen MR) is 43.0 cm³/mol. The highest BCUT2D eigenvalue weighted by atomic mass is 32.2. The van der Waals surface area contributed by atoms with E-state index in [1.165, 1.54) is 23.5 Å². The van der Waals surface area contributed by atoms with Gasteiger partial charge in [0.15, 0.2) is 0 Å². The van der Waals surface area contributed by atoms with Gasteiger partial charge in [-0.3, -0.25) is 9.52 Å². The van der Waals surface area contributed by atoms with E-state index in [-0.39, 0.29) is 5.91 Å². The number of anilines is 1. The van der Waals surface area contributed by atoms with Crippen LogP contribution in [0.4, 0.5) is 5.00 Å². The normalized spacial score (nSPS) is 15.4. The topological polar surface area (TPSA) is 41.1 Å². The van der Waals surface area contributed by atoms with E-state index in [9.17, 15) is 4.79 Å². The van der Waals surface area contributed by atoms with Gasteiger partial charge in [0.05, 0.1) is 17.7 Å². The molecule has 0 atom stereocenters. The molecule has 0 spiro atoms. The summed E-state index contributed by atoms with van der Waals surface area (Å²) in [5.41, 5.74) is 0.740. The summed E-state index contributed by atoms with van der Waals surface area (Å²) in [5.74, 6) is -0.0139. The van der Waals surface area contributed by atoms with Crippen LogP contribution in [0.1, 0.15) is 10.4 Å². The second-order valence-corrected chi connectivity index (χ2v) is 3.33. The summed E-state index contributed by atoms with van der Waals surface area (Å²) in [6.07, 6.45) is 0. The van der Waals surface area contributed by atoms with Crippen molar-refractivity contribution in [2.45, 2.75) is 0 Å². The van der Waals surface area contributed by atoms with Crippen molar-refractivity contribution >= 4 is 34.4 Å². The SMILES string of the molecule is O=C1NSNc2sccc21. The zero-order valence-electron chi connectivity index (χ0n) is 4.88. The van der Waals surface area contributed by atoms with Crippen LogP contribution in [0.2, 0.25) is 0 Å². The fourth-order valence-corrected chi connectivity index (χ4v) is 2.14. The molecule has 1 aromatic heterocycles. The van der Waals surface area contributed by atoms with Gasteiger partial charge in [-0.2, -0.15) is 0 Å². The maximum atomic E-state index is 11.0. The lowest BCUT2D eigenvalue weighted by molar-refractivity contribution is 0.0984. The van der Waals surface area contributed by atoms with Crippen LogP contribution in [-0.4, -0.2) is 5.91 Å². The van der Waals surface area contributed by atoms with Gasteiger partial charge in [0, 0.05) is 0 Å². The number of hydrogen-bond acceptors (Lipinski definition) is 4. The van der Waals surface area contributed by atoms with Crippen molar-refractivity contribution in [3.05, 3.63) is 17.0 Å². The van der Waals surface area contributed by atoms with Gasteiger partial charge in [0.2, 0.25) is 0 Å². The van der Waals surface area contributed by atoms with Gasteiger partial charge in [-0.05, 0) is 11.4 Å². The zero-order chi connectivity index (χ0) is 6.97. The molecule has 52 valence electrons. The first-order chi connectivity index (χ1) is 4.88. The number of rotatable bonds is 0. The lowest BCUT2D eigenvalue weighted by Gasteiger charge is -2.11. The minimum absolute atomic E-state index is 0.0139. The molecule has 2 N–H and O–H groups in total. The molecule has 5 heteroatoms. The molecule has 2 heterocycles. The highest BCUT2D eigenvalue weighted by molar-refractivity contribution is 7.99. The molecule has 0 saturated carbocycles. The highest BCUT2D eigenvalue weighted by Crippen LogP contribution is 2.28. The molecule has 0 aromatic carbocycles. The molecular formula is C5H4N2OS2. The number of carbonyl (C=O) groups is 1. The van der Waals surface area contributed by atoms with Gasteiger partial charge < -0.3 is 4.72 Å². The summed E-state index contributed by atoms with van der Waals surface area (Å²) >= 11 is 2.75. The number of fused-ring (bicyclic) bond motifs is 1. The van der Waals surface area contributed by atoms with Crippen LogP contribution in [0.5, 0.6) is 0 Å². The third-order valence-corrected chi connectivity index (χ3v) is 2.75. The Bertz CT molecular complexity index is 270. The third kappa shape index (κ3) is 0.783. The Morgan fingerprint density at radius 1 is 1.40 bits per heavy atom. The van der Waals surface area contributed by atoms with Crippen molar-refractivity contribution in [1.82, 2.24) is 4.72 Å². The number of nitrogens with one attached hydrogen (secondary N) is 2. The first-order valence-electron chi connectivity index (χ1n) is 2.67. The highest BCUT2D eigenvalue weighted by Gasteiger charge is 2.16. The lowest BCUT2D eigenvalue weighted by atomic mass is 10.3. The van der Waals surface area contributed by atoms with Gasteiger partial charge in [0.1, 0.15) is 5.00 Å².